The van der Waals surface area contributed by atoms with Crippen molar-refractivity contribution in [3.8, 4) is 0 Å². The fourth-order valence-electron chi connectivity index (χ4n) is 2.12. The van der Waals surface area contributed by atoms with Crippen LogP contribution in [0.2, 0.25) is 0 Å². The monoisotopic (exact) mass is 283 g/mol. The third-order valence-corrected chi connectivity index (χ3v) is 3.01. The molecule has 3 rings (SSSR count). The van der Waals surface area contributed by atoms with Crippen LogP contribution in [0.4, 0.5) is 17.1 Å². The largest absolute Gasteiger partial charge is 0.399 e. The Balaban J connectivity index is 1.90. The summed E-state index contributed by atoms with van der Waals surface area (Å²) in [6.07, 6.45) is 0. The summed E-state index contributed by atoms with van der Waals surface area (Å²) in [5, 5.41) is 2.73. The molecule has 0 bridgehead atoms. The van der Waals surface area contributed by atoms with Gasteiger partial charge < -0.3 is 26.8 Å². The molecule has 7 N–H and O–H groups in total. The molecule has 0 unspecified atom stereocenters. The molecule has 21 heavy (non-hydrogen) atoms. The Labute approximate surface area is 119 Å². The lowest BCUT2D eigenvalue weighted by Gasteiger charge is -2.07. The highest BCUT2D eigenvalue weighted by Gasteiger charge is 2.08. The number of hydrogen-bond donors (Lipinski definition) is 5. The Bertz CT molecular complexity index is 874. The van der Waals surface area contributed by atoms with Crippen LogP contribution in [-0.4, -0.2) is 15.9 Å². The van der Waals surface area contributed by atoms with Gasteiger partial charge in [-0.25, -0.2) is 4.79 Å². The molecule has 0 fully saturated rings. The molecule has 0 aliphatic rings. The van der Waals surface area contributed by atoms with Crippen LogP contribution in [0.1, 0.15) is 10.4 Å². The Hall–Kier alpha value is -3.22. The van der Waals surface area contributed by atoms with E-state index in [-0.39, 0.29) is 11.6 Å². The molecule has 0 aliphatic heterocycles. The molecule has 106 valence electrons. The number of H-pyrrole nitrogens is 2. The molecule has 1 aromatic heterocycles. The number of rotatable bonds is 2. The fraction of sp³-hybridized carbons (Fsp3) is 0. The molecule has 0 atom stereocenters. The molecule has 1 amide bonds. The lowest BCUT2D eigenvalue weighted by molar-refractivity contribution is 0.102. The molecule has 0 spiro atoms. The van der Waals surface area contributed by atoms with E-state index in [0.717, 1.165) is 0 Å². The zero-order valence-electron chi connectivity index (χ0n) is 10.9. The Morgan fingerprint density at radius 3 is 2.33 bits per heavy atom. The van der Waals surface area contributed by atoms with Gasteiger partial charge in [-0.05, 0) is 36.4 Å². The quantitative estimate of drug-likeness (QED) is 0.453. The Kier molecular flexibility index (Phi) is 2.87. The van der Waals surface area contributed by atoms with Gasteiger partial charge in [-0.15, -0.1) is 0 Å². The van der Waals surface area contributed by atoms with Crippen LogP contribution < -0.4 is 22.5 Å². The second-order valence-corrected chi connectivity index (χ2v) is 4.68. The maximum absolute atomic E-state index is 12.2. The van der Waals surface area contributed by atoms with Gasteiger partial charge >= 0.3 is 5.69 Å². The van der Waals surface area contributed by atoms with Gasteiger partial charge in [-0.2, -0.15) is 0 Å². The maximum atomic E-state index is 12.2. The van der Waals surface area contributed by atoms with E-state index in [0.29, 0.717) is 33.7 Å². The van der Waals surface area contributed by atoms with E-state index in [1.807, 2.05) is 0 Å². The number of aromatic amines is 2. The van der Waals surface area contributed by atoms with Gasteiger partial charge in [-0.3, -0.25) is 4.79 Å². The topological polar surface area (TPSA) is 130 Å². The highest BCUT2D eigenvalue weighted by molar-refractivity contribution is 6.06. The molecule has 1 heterocycles. The van der Waals surface area contributed by atoms with E-state index in [1.165, 1.54) is 0 Å². The molecular weight excluding hydrogens is 270 g/mol. The fourth-order valence-corrected chi connectivity index (χ4v) is 2.12. The molecule has 3 aromatic rings. The third-order valence-electron chi connectivity index (χ3n) is 3.01. The molecule has 0 saturated heterocycles. The van der Waals surface area contributed by atoms with Crippen LogP contribution in [0.5, 0.6) is 0 Å². The van der Waals surface area contributed by atoms with E-state index in [2.05, 4.69) is 15.3 Å². The van der Waals surface area contributed by atoms with Crippen LogP contribution >= 0.6 is 0 Å². The Morgan fingerprint density at radius 1 is 0.952 bits per heavy atom. The number of aromatic nitrogens is 2. The predicted octanol–water partition coefficient (Wildman–Crippen LogP) is 1.27. The number of carbonyl (C=O) groups excluding carboxylic acids is 1. The highest BCUT2D eigenvalue weighted by Crippen LogP contribution is 2.18. The van der Waals surface area contributed by atoms with Crippen LogP contribution in [0, 0.1) is 0 Å². The smallest absolute Gasteiger partial charge is 0.323 e. The van der Waals surface area contributed by atoms with Gasteiger partial charge in [0.2, 0.25) is 0 Å². The van der Waals surface area contributed by atoms with Gasteiger partial charge in [-0.1, -0.05) is 0 Å². The first-order valence-corrected chi connectivity index (χ1v) is 6.21. The van der Waals surface area contributed by atoms with Crippen molar-refractivity contribution in [3.63, 3.8) is 0 Å². The summed E-state index contributed by atoms with van der Waals surface area (Å²) in [5.41, 5.74) is 14.1. The average Bonchev–Trinajstić information content (AvgIpc) is 2.77. The summed E-state index contributed by atoms with van der Waals surface area (Å²) >= 11 is 0. The summed E-state index contributed by atoms with van der Waals surface area (Å²) in [6.45, 7) is 0. The first-order valence-electron chi connectivity index (χ1n) is 6.21. The maximum Gasteiger partial charge on any atom is 0.323 e. The van der Waals surface area contributed by atoms with Crippen LogP contribution in [-0.2, 0) is 0 Å². The first-order chi connectivity index (χ1) is 10.0. The van der Waals surface area contributed by atoms with Crippen molar-refractivity contribution in [2.45, 2.75) is 0 Å². The van der Waals surface area contributed by atoms with Crippen molar-refractivity contribution in [2.75, 3.05) is 16.8 Å². The van der Waals surface area contributed by atoms with E-state index in [4.69, 9.17) is 11.5 Å². The number of hydrogen-bond acceptors (Lipinski definition) is 4. The molecule has 0 radical (unpaired) electrons. The third kappa shape index (κ3) is 2.57. The van der Waals surface area contributed by atoms with E-state index in [1.54, 1.807) is 36.4 Å². The van der Waals surface area contributed by atoms with Crippen molar-refractivity contribution in [3.05, 3.63) is 52.4 Å². The molecule has 0 aliphatic carbocycles. The second kappa shape index (κ2) is 4.71. The van der Waals surface area contributed by atoms with Gasteiger partial charge in [0.25, 0.3) is 5.91 Å². The second-order valence-electron chi connectivity index (χ2n) is 4.68. The zero-order chi connectivity index (χ0) is 15.0. The van der Waals surface area contributed by atoms with Gasteiger partial charge in [0, 0.05) is 22.6 Å². The summed E-state index contributed by atoms with van der Waals surface area (Å²) in [4.78, 5) is 28.6. The highest BCUT2D eigenvalue weighted by atomic mass is 16.2. The summed E-state index contributed by atoms with van der Waals surface area (Å²) in [6, 6.07) is 9.73. The minimum atomic E-state index is -0.328. The van der Waals surface area contributed by atoms with E-state index in [9.17, 15) is 9.59 Å². The first kappa shape index (κ1) is 12.8. The summed E-state index contributed by atoms with van der Waals surface area (Å²) in [7, 11) is 0. The number of nitrogens with two attached hydrogens (primary N) is 2. The standard InChI is InChI=1S/C14H13N5O2/c15-8-3-7(4-9(16)5-8)13(20)17-10-1-2-11-12(6-10)19-14(21)18-11/h1-6H,15-16H2,(H,17,20)(H2,18,19,21). The number of nitrogen functional groups attached to an aromatic ring is 2. The minimum absolute atomic E-state index is 0.294. The van der Waals surface area contributed by atoms with Crippen LogP contribution in [0.15, 0.2) is 41.2 Å². The number of carbonyl (C=O) groups is 1. The number of amides is 1. The molecule has 0 saturated carbocycles. The number of fused-ring (bicyclic) bond motifs is 1. The van der Waals surface area contributed by atoms with E-state index >= 15 is 0 Å². The van der Waals surface area contributed by atoms with Gasteiger partial charge in [0.15, 0.2) is 0 Å². The number of nitrogens with one attached hydrogen (secondary N) is 3. The molecular formula is C14H13N5O2. The Morgan fingerprint density at radius 2 is 1.62 bits per heavy atom. The van der Waals surface area contributed by atoms with E-state index < -0.39 is 0 Å². The minimum Gasteiger partial charge on any atom is -0.399 e. The number of benzene rings is 2. The average molecular weight is 283 g/mol. The van der Waals surface area contributed by atoms with Crippen LogP contribution in [0.3, 0.4) is 0 Å². The SMILES string of the molecule is Nc1cc(N)cc(C(=O)Nc2ccc3[nH]c(=O)[nH]c3c2)c1. The summed E-state index contributed by atoms with van der Waals surface area (Å²) < 4.78 is 0. The van der Waals surface area contributed by atoms with Crippen molar-refractivity contribution >= 4 is 34.0 Å². The molecule has 7 heteroatoms. The lowest BCUT2D eigenvalue weighted by atomic mass is 10.1. The van der Waals surface area contributed by atoms with Crippen molar-refractivity contribution in [2.24, 2.45) is 0 Å². The van der Waals surface area contributed by atoms with Crippen molar-refractivity contribution in [1.29, 1.82) is 0 Å². The molecule has 7 nitrogen and oxygen atoms in total. The van der Waals surface area contributed by atoms with Crippen molar-refractivity contribution < 1.29 is 4.79 Å². The lowest BCUT2D eigenvalue weighted by Crippen LogP contribution is -2.12. The summed E-state index contributed by atoms with van der Waals surface area (Å²) in [5.74, 6) is -0.328. The predicted molar refractivity (Wildman–Crippen MR) is 82.1 cm³/mol. The normalized spacial score (nSPS) is 10.7. The van der Waals surface area contributed by atoms with Crippen molar-refractivity contribution in [1.82, 2.24) is 9.97 Å². The van der Waals surface area contributed by atoms with Crippen LogP contribution in [0.25, 0.3) is 11.0 Å². The molecule has 2 aromatic carbocycles. The number of anilines is 3. The van der Waals surface area contributed by atoms with Gasteiger partial charge in [0.05, 0.1) is 11.0 Å². The number of imidazole rings is 1. The van der Waals surface area contributed by atoms with Gasteiger partial charge in [0.1, 0.15) is 0 Å². The zero-order valence-corrected chi connectivity index (χ0v) is 10.9.